The number of hydrogen-bond acceptors (Lipinski definition) is 5. The Hall–Kier alpha value is -3.67. The molecule has 1 N–H and O–H groups in total. The number of nitriles is 1. The van der Waals surface area contributed by atoms with E-state index in [2.05, 4.69) is 20.9 Å². The maximum Gasteiger partial charge on any atom is 0.573 e. The normalized spacial score (nSPS) is 13.1. The van der Waals surface area contributed by atoms with Crippen molar-refractivity contribution in [2.45, 2.75) is 26.1 Å². The molecule has 1 aliphatic rings. The number of anilines is 2. The van der Waals surface area contributed by atoms with Crippen LogP contribution in [0.5, 0.6) is 5.75 Å². The Balaban J connectivity index is 0.00000363. The van der Waals surface area contributed by atoms with Gasteiger partial charge in [-0.25, -0.2) is 4.79 Å². The largest absolute Gasteiger partial charge is 0.573 e. The van der Waals surface area contributed by atoms with Gasteiger partial charge in [-0.15, -0.1) is 13.2 Å². The van der Waals surface area contributed by atoms with E-state index in [-0.39, 0.29) is 18.4 Å². The molecule has 1 amide bonds. The number of ether oxygens (including phenoxy) is 2. The second-order valence-electron chi connectivity index (χ2n) is 6.90. The minimum Gasteiger partial charge on any atom is -0.453 e. The molecule has 0 aromatic heterocycles. The van der Waals surface area contributed by atoms with Gasteiger partial charge < -0.3 is 14.4 Å². The van der Waals surface area contributed by atoms with Crippen LogP contribution in [0.15, 0.2) is 42.1 Å². The Morgan fingerprint density at radius 2 is 2.00 bits per heavy atom. The number of alkyl halides is 3. The van der Waals surface area contributed by atoms with Crippen LogP contribution in [0, 0.1) is 11.3 Å². The lowest BCUT2D eigenvalue weighted by atomic mass is 9.87. The molecule has 0 saturated heterocycles. The van der Waals surface area contributed by atoms with E-state index in [9.17, 15) is 23.2 Å². The first-order valence-corrected chi connectivity index (χ1v) is 9.40. The van der Waals surface area contributed by atoms with Gasteiger partial charge in [0.2, 0.25) is 0 Å². The quantitative estimate of drug-likeness (QED) is 0.656. The molecule has 0 spiro atoms. The molecule has 6 nitrogen and oxygen atoms in total. The van der Waals surface area contributed by atoms with Crippen LogP contribution in [0.4, 0.5) is 29.3 Å². The molecule has 9 heteroatoms. The molecule has 0 radical (unpaired) electrons. The van der Waals surface area contributed by atoms with Crippen LogP contribution in [-0.2, 0) is 11.2 Å². The number of nitrogens with zero attached hydrogens (tertiary/aromatic N) is 2. The van der Waals surface area contributed by atoms with Gasteiger partial charge in [0, 0.05) is 14.7 Å². The van der Waals surface area contributed by atoms with E-state index in [4.69, 9.17) is 0 Å². The van der Waals surface area contributed by atoms with Crippen molar-refractivity contribution in [1.82, 2.24) is 0 Å². The highest BCUT2D eigenvalue weighted by Gasteiger charge is 2.31. The zero-order chi connectivity index (χ0) is 22.8. The van der Waals surface area contributed by atoms with E-state index in [0.29, 0.717) is 23.2 Å². The van der Waals surface area contributed by atoms with Crippen molar-refractivity contribution in [3.05, 3.63) is 53.2 Å². The highest BCUT2D eigenvalue weighted by Crippen LogP contribution is 2.43. The number of methoxy groups -OCH3 is 1. The van der Waals surface area contributed by atoms with Crippen molar-refractivity contribution in [1.29, 1.82) is 5.26 Å². The van der Waals surface area contributed by atoms with E-state index in [1.54, 1.807) is 13.1 Å². The molecule has 2 aromatic carbocycles. The van der Waals surface area contributed by atoms with Crippen molar-refractivity contribution in [3.63, 3.8) is 0 Å². The fraction of sp³-hybridized carbons (Fsp3) is 0.273. The topological polar surface area (TPSA) is 74.6 Å². The number of carbonyl (C=O) groups excluding carboxylic acids is 1. The molecule has 1 heterocycles. The van der Waals surface area contributed by atoms with Gasteiger partial charge >= 0.3 is 12.5 Å². The number of allylic oxidation sites excluding steroid dienone is 1. The fourth-order valence-electron chi connectivity index (χ4n) is 3.57. The number of nitrogens with one attached hydrogen (secondary N) is 1. The summed E-state index contributed by atoms with van der Waals surface area (Å²) in [4.78, 5) is 13.7. The highest BCUT2D eigenvalue weighted by atomic mass is 19.4. The number of carbonyl (C=O) groups is 1. The number of halogens is 3. The van der Waals surface area contributed by atoms with Gasteiger partial charge in [0.25, 0.3) is 0 Å². The molecule has 2 aromatic rings. The smallest absolute Gasteiger partial charge is 0.453 e. The van der Waals surface area contributed by atoms with Crippen LogP contribution in [0.1, 0.15) is 25.9 Å². The third-order valence-electron chi connectivity index (χ3n) is 4.93. The number of amides is 1. The summed E-state index contributed by atoms with van der Waals surface area (Å²) in [6.45, 7) is 2.02. The Labute approximate surface area is 179 Å². The Morgan fingerprint density at radius 3 is 2.55 bits per heavy atom. The number of hydrogen-bond donors (Lipinski definition) is 1. The summed E-state index contributed by atoms with van der Waals surface area (Å²) >= 11 is 0. The van der Waals surface area contributed by atoms with Crippen LogP contribution in [0.25, 0.3) is 11.1 Å². The highest BCUT2D eigenvalue weighted by molar-refractivity contribution is 5.94. The van der Waals surface area contributed by atoms with Crippen LogP contribution in [-0.4, -0.2) is 26.6 Å². The van der Waals surface area contributed by atoms with Gasteiger partial charge in [-0.1, -0.05) is 19.1 Å². The van der Waals surface area contributed by atoms with Gasteiger partial charge in [-0.05, 0) is 53.3 Å². The lowest BCUT2D eigenvalue weighted by molar-refractivity contribution is -0.274. The standard InChI is InChI=1S/C22H20F3N3O3.H2/c1-4-13-9-17-16(14-5-7-15(8-6-14)31-22(23,24)25)10-19(27-21(29)30-3)18(11-26)20(17)28(2)12-13;/h5-8,10,12H,4,9H2,1-3H3,(H,27,29);1H. The van der Waals surface area contributed by atoms with Crippen molar-refractivity contribution in [2.75, 3.05) is 24.4 Å². The SMILES string of the molecule is CCC1=CN(C)c2c(C#N)c(NC(=O)OC)cc(-c3ccc(OC(F)(F)F)cc3)c2C1.[HH]. The van der Waals surface area contributed by atoms with Gasteiger partial charge in [0.15, 0.2) is 0 Å². The van der Waals surface area contributed by atoms with Crippen molar-refractivity contribution >= 4 is 17.5 Å². The van der Waals surface area contributed by atoms with Crippen molar-refractivity contribution in [2.24, 2.45) is 0 Å². The molecule has 1 aliphatic heterocycles. The average Bonchev–Trinajstić information content (AvgIpc) is 2.72. The first kappa shape index (κ1) is 22.0. The third kappa shape index (κ3) is 4.74. The summed E-state index contributed by atoms with van der Waals surface area (Å²) in [7, 11) is 3.02. The molecule has 31 heavy (non-hydrogen) atoms. The maximum atomic E-state index is 12.5. The minimum absolute atomic E-state index is 0. The van der Waals surface area contributed by atoms with E-state index in [1.165, 1.54) is 31.4 Å². The van der Waals surface area contributed by atoms with Gasteiger partial charge in [0.05, 0.1) is 24.0 Å². The van der Waals surface area contributed by atoms with Crippen LogP contribution in [0.3, 0.4) is 0 Å². The lowest BCUT2D eigenvalue weighted by Crippen LogP contribution is -2.21. The Bertz CT molecular complexity index is 1080. The van der Waals surface area contributed by atoms with Gasteiger partial charge in [-0.3, -0.25) is 5.32 Å². The molecular weight excluding hydrogens is 411 g/mol. The minimum atomic E-state index is -4.78. The second-order valence-corrected chi connectivity index (χ2v) is 6.90. The van der Waals surface area contributed by atoms with E-state index in [1.807, 2.05) is 18.0 Å². The average molecular weight is 433 g/mol. The zero-order valence-electron chi connectivity index (χ0n) is 17.1. The molecule has 0 saturated carbocycles. The summed E-state index contributed by atoms with van der Waals surface area (Å²) in [5.74, 6) is -0.335. The van der Waals surface area contributed by atoms with Crippen LogP contribution < -0.4 is 15.0 Å². The van der Waals surface area contributed by atoms with Crippen molar-refractivity contribution in [3.8, 4) is 22.9 Å². The maximum absolute atomic E-state index is 12.5. The lowest BCUT2D eigenvalue weighted by Gasteiger charge is -2.30. The second kappa shape index (κ2) is 8.60. The summed E-state index contributed by atoms with van der Waals surface area (Å²) in [5.41, 5.74) is 4.43. The van der Waals surface area contributed by atoms with Gasteiger partial charge in [0.1, 0.15) is 11.8 Å². The number of benzene rings is 2. The Kier molecular flexibility index (Phi) is 6.11. The molecule has 0 fully saturated rings. The third-order valence-corrected chi connectivity index (χ3v) is 4.93. The predicted octanol–water partition coefficient (Wildman–Crippen LogP) is 5.83. The zero-order valence-corrected chi connectivity index (χ0v) is 17.1. The number of fused-ring (bicyclic) bond motifs is 1. The predicted molar refractivity (Wildman–Crippen MR) is 112 cm³/mol. The molecule has 164 valence electrons. The van der Waals surface area contributed by atoms with Gasteiger partial charge in [-0.2, -0.15) is 5.26 Å². The van der Waals surface area contributed by atoms with E-state index >= 15 is 0 Å². The first-order chi connectivity index (χ1) is 14.7. The summed E-state index contributed by atoms with van der Waals surface area (Å²) in [5, 5.41) is 12.3. The van der Waals surface area contributed by atoms with Crippen LogP contribution >= 0.6 is 0 Å². The monoisotopic (exact) mass is 433 g/mol. The first-order valence-electron chi connectivity index (χ1n) is 9.40. The molecule has 0 atom stereocenters. The van der Waals surface area contributed by atoms with E-state index in [0.717, 1.165) is 17.6 Å². The number of rotatable bonds is 4. The van der Waals surface area contributed by atoms with Crippen molar-refractivity contribution < 1.29 is 28.9 Å². The molecular formula is C22H22F3N3O3. The molecule has 3 rings (SSSR count). The Morgan fingerprint density at radius 1 is 1.32 bits per heavy atom. The van der Waals surface area contributed by atoms with E-state index < -0.39 is 12.5 Å². The summed E-state index contributed by atoms with van der Waals surface area (Å²) in [6, 6.07) is 9.25. The van der Waals surface area contributed by atoms with Crippen LogP contribution in [0.2, 0.25) is 0 Å². The molecule has 0 aliphatic carbocycles. The molecule has 0 bridgehead atoms. The molecule has 0 unspecified atom stereocenters. The summed E-state index contributed by atoms with van der Waals surface area (Å²) < 4.78 is 46.1. The summed E-state index contributed by atoms with van der Waals surface area (Å²) in [6.07, 6.45) is -2.21. The fourth-order valence-corrected chi connectivity index (χ4v) is 3.57.